The minimum atomic E-state index is -3.77. The van der Waals surface area contributed by atoms with Crippen molar-refractivity contribution in [1.82, 2.24) is 19.1 Å². The van der Waals surface area contributed by atoms with Gasteiger partial charge < -0.3 is 14.5 Å². The van der Waals surface area contributed by atoms with Gasteiger partial charge in [0.25, 0.3) is 5.91 Å². The summed E-state index contributed by atoms with van der Waals surface area (Å²) in [6, 6.07) is 12.1. The molecule has 1 fully saturated rings. The Morgan fingerprint density at radius 3 is 2.36 bits per heavy atom. The van der Waals surface area contributed by atoms with Crippen LogP contribution in [0.5, 0.6) is 0 Å². The van der Waals surface area contributed by atoms with Gasteiger partial charge >= 0.3 is 6.09 Å². The van der Waals surface area contributed by atoms with Crippen LogP contribution in [-0.2, 0) is 14.8 Å². The van der Waals surface area contributed by atoms with Gasteiger partial charge in [-0.25, -0.2) is 18.2 Å². The molecule has 0 unspecified atom stereocenters. The Balaban J connectivity index is 1.52. The van der Waals surface area contributed by atoms with Gasteiger partial charge in [-0.2, -0.15) is 4.31 Å². The molecule has 1 aliphatic heterocycles. The molecule has 0 radical (unpaired) electrons. The third-order valence-corrected chi connectivity index (χ3v) is 10.0. The fraction of sp³-hybridized carbons (Fsp3) is 0.423. The molecule has 0 spiro atoms. The first kappa shape index (κ1) is 29.3. The molecular weight excluding hydrogens is 559 g/mol. The van der Waals surface area contributed by atoms with Gasteiger partial charge in [-0.05, 0) is 69.7 Å². The van der Waals surface area contributed by atoms with E-state index in [2.05, 4.69) is 6.07 Å². The molecule has 1 aromatic heterocycles. The molecule has 2 aromatic carbocycles. The Hall–Kier alpha value is -2.71. The van der Waals surface area contributed by atoms with Crippen LogP contribution in [-0.4, -0.2) is 106 Å². The number of aromatic nitrogens is 1. The Morgan fingerprint density at radius 1 is 1.05 bits per heavy atom. The zero-order valence-corrected chi connectivity index (χ0v) is 24.9. The summed E-state index contributed by atoms with van der Waals surface area (Å²) in [4.78, 5) is 36.7. The van der Waals surface area contributed by atoms with Crippen LogP contribution in [0.2, 0.25) is 0 Å². The zero-order valence-electron chi connectivity index (χ0n) is 22.5. The Kier molecular flexibility index (Phi) is 9.49. The lowest BCUT2D eigenvalue weighted by atomic mass is 10.2. The van der Waals surface area contributed by atoms with Crippen LogP contribution >= 0.6 is 23.1 Å². The van der Waals surface area contributed by atoms with Gasteiger partial charge in [0.15, 0.2) is 5.13 Å². The summed E-state index contributed by atoms with van der Waals surface area (Å²) in [6.45, 7) is 3.95. The number of carbonyl (C=O) groups is 2. The van der Waals surface area contributed by atoms with E-state index >= 15 is 0 Å². The van der Waals surface area contributed by atoms with Crippen molar-refractivity contribution in [2.45, 2.75) is 16.7 Å². The first-order valence-corrected chi connectivity index (χ1v) is 16.0. The zero-order chi connectivity index (χ0) is 28.2. The predicted molar refractivity (Wildman–Crippen MR) is 155 cm³/mol. The number of thioether (sulfide) groups is 1. The molecular formula is C26H33N5O5S3. The maximum absolute atomic E-state index is 13.6. The molecule has 0 bridgehead atoms. The number of likely N-dealkylation sites (N-methyl/N-ethyl adjacent to an activating group) is 1. The van der Waals surface area contributed by atoms with E-state index in [1.807, 2.05) is 37.4 Å². The van der Waals surface area contributed by atoms with Crippen molar-refractivity contribution in [1.29, 1.82) is 0 Å². The highest BCUT2D eigenvalue weighted by molar-refractivity contribution is 7.98. The standard InChI is InChI=1S/C26H33N5O5S3/c1-5-36-26(33)29-13-15-30(16-14-29)39(34,35)21-9-6-19(7-10-21)24(32)31(17-12-28(2)3)25-27-22-11-8-20(37-4)18-23(22)38-25/h6-11,18H,5,12-17H2,1-4H3. The molecule has 210 valence electrons. The second kappa shape index (κ2) is 12.6. The normalized spacial score (nSPS) is 14.6. The quantitative estimate of drug-likeness (QED) is 0.347. The van der Waals surface area contributed by atoms with Gasteiger partial charge in [0, 0.05) is 49.7 Å². The highest BCUT2D eigenvalue weighted by Crippen LogP contribution is 2.32. The number of fused-ring (bicyclic) bond motifs is 1. The van der Waals surface area contributed by atoms with Crippen molar-refractivity contribution in [3.05, 3.63) is 48.0 Å². The molecule has 0 N–H and O–H groups in total. The molecule has 39 heavy (non-hydrogen) atoms. The molecule has 0 atom stereocenters. The summed E-state index contributed by atoms with van der Waals surface area (Å²) in [5.74, 6) is -0.243. The Bertz CT molecular complexity index is 1420. The van der Waals surface area contributed by atoms with Crippen LogP contribution in [0.25, 0.3) is 10.2 Å². The summed E-state index contributed by atoms with van der Waals surface area (Å²) in [6.07, 6.45) is 1.58. The molecule has 2 amide bonds. The second-order valence-corrected chi connectivity index (χ2v) is 13.0. The molecule has 0 aliphatic carbocycles. The monoisotopic (exact) mass is 591 g/mol. The van der Waals surface area contributed by atoms with Crippen molar-refractivity contribution in [2.75, 3.05) is 71.1 Å². The molecule has 2 heterocycles. The smallest absolute Gasteiger partial charge is 0.409 e. The van der Waals surface area contributed by atoms with Gasteiger partial charge in [0.1, 0.15) is 0 Å². The number of hydrogen-bond donors (Lipinski definition) is 0. The van der Waals surface area contributed by atoms with Crippen LogP contribution in [0.4, 0.5) is 9.93 Å². The number of anilines is 1. The number of hydrogen-bond acceptors (Lipinski definition) is 9. The van der Waals surface area contributed by atoms with E-state index in [1.165, 1.54) is 32.7 Å². The van der Waals surface area contributed by atoms with Gasteiger partial charge in [-0.1, -0.05) is 11.3 Å². The minimum absolute atomic E-state index is 0.105. The summed E-state index contributed by atoms with van der Waals surface area (Å²) in [7, 11) is 0.112. The van der Waals surface area contributed by atoms with E-state index in [0.717, 1.165) is 15.1 Å². The number of sulfonamides is 1. The fourth-order valence-electron chi connectivity index (χ4n) is 4.12. The van der Waals surface area contributed by atoms with Crippen molar-refractivity contribution in [3.8, 4) is 0 Å². The molecule has 10 nitrogen and oxygen atoms in total. The van der Waals surface area contributed by atoms with Gasteiger partial charge in [0.05, 0.1) is 21.7 Å². The second-order valence-electron chi connectivity index (χ2n) is 9.20. The summed E-state index contributed by atoms with van der Waals surface area (Å²) < 4.78 is 33.8. The fourth-order valence-corrected chi connectivity index (χ4v) is 7.09. The number of nitrogens with zero attached hydrogens (tertiary/aromatic N) is 5. The van der Waals surface area contributed by atoms with Crippen molar-refractivity contribution in [2.24, 2.45) is 0 Å². The lowest BCUT2D eigenvalue weighted by Crippen LogP contribution is -2.50. The molecule has 0 saturated carbocycles. The number of ether oxygens (including phenoxy) is 1. The first-order valence-electron chi connectivity index (χ1n) is 12.6. The molecule has 13 heteroatoms. The van der Waals surface area contributed by atoms with Gasteiger partial charge in [-0.3, -0.25) is 9.69 Å². The highest BCUT2D eigenvalue weighted by Gasteiger charge is 2.31. The van der Waals surface area contributed by atoms with Crippen LogP contribution < -0.4 is 4.90 Å². The lowest BCUT2D eigenvalue weighted by Gasteiger charge is -2.33. The number of carbonyl (C=O) groups excluding carboxylic acids is 2. The lowest BCUT2D eigenvalue weighted by molar-refractivity contribution is 0.0933. The number of thiazole rings is 1. The highest BCUT2D eigenvalue weighted by atomic mass is 32.2. The topological polar surface area (TPSA) is 103 Å². The average molecular weight is 592 g/mol. The van der Waals surface area contributed by atoms with Crippen LogP contribution in [0.15, 0.2) is 52.3 Å². The van der Waals surface area contributed by atoms with Crippen LogP contribution in [0.3, 0.4) is 0 Å². The third kappa shape index (κ3) is 6.72. The molecule has 4 rings (SSSR count). The number of benzene rings is 2. The van der Waals surface area contributed by atoms with Gasteiger partial charge in [0.2, 0.25) is 10.0 Å². The summed E-state index contributed by atoms with van der Waals surface area (Å²) in [5, 5.41) is 0.603. The molecule has 1 aliphatic rings. The van der Waals surface area contributed by atoms with E-state index < -0.39 is 16.1 Å². The van der Waals surface area contributed by atoms with E-state index in [4.69, 9.17) is 9.72 Å². The predicted octanol–water partition coefficient (Wildman–Crippen LogP) is 3.69. The van der Waals surface area contributed by atoms with Crippen molar-refractivity contribution in [3.63, 3.8) is 0 Å². The number of rotatable bonds is 9. The number of piperazine rings is 1. The SMILES string of the molecule is CCOC(=O)N1CCN(S(=O)(=O)c2ccc(C(=O)N(CCN(C)C)c3nc4ccc(SC)cc4s3)cc2)CC1. The maximum Gasteiger partial charge on any atom is 0.409 e. The first-order chi connectivity index (χ1) is 18.6. The molecule has 1 saturated heterocycles. The van der Waals surface area contributed by atoms with E-state index in [1.54, 1.807) is 35.7 Å². The van der Waals surface area contributed by atoms with Crippen LogP contribution in [0.1, 0.15) is 17.3 Å². The number of amides is 2. The van der Waals surface area contributed by atoms with E-state index in [-0.39, 0.29) is 43.6 Å². The molecule has 3 aromatic rings. The van der Waals surface area contributed by atoms with Crippen molar-refractivity contribution < 1.29 is 22.7 Å². The minimum Gasteiger partial charge on any atom is -0.450 e. The van der Waals surface area contributed by atoms with E-state index in [9.17, 15) is 18.0 Å². The van der Waals surface area contributed by atoms with Crippen molar-refractivity contribution >= 4 is 60.5 Å². The largest absolute Gasteiger partial charge is 0.450 e. The average Bonchev–Trinajstić information content (AvgIpc) is 3.36. The Morgan fingerprint density at radius 2 is 1.74 bits per heavy atom. The van der Waals surface area contributed by atoms with E-state index in [0.29, 0.717) is 23.8 Å². The van der Waals surface area contributed by atoms with Crippen LogP contribution in [0, 0.1) is 0 Å². The Labute approximate surface area is 237 Å². The summed E-state index contributed by atoms with van der Waals surface area (Å²) >= 11 is 3.12. The van der Waals surface area contributed by atoms with Gasteiger partial charge in [-0.15, -0.1) is 11.8 Å². The third-order valence-electron chi connectivity index (χ3n) is 6.33. The maximum atomic E-state index is 13.6. The summed E-state index contributed by atoms with van der Waals surface area (Å²) in [5.41, 5.74) is 1.21.